The standard InChI is InChI=1S/C14H17F4NO/c1-4-10(5-2)19(3)13(20)11-8-9(14(16,17)18)6-7-12(11)15/h6-8,10H,4-5H2,1-3H3. The highest BCUT2D eigenvalue weighted by Crippen LogP contribution is 2.30. The second kappa shape index (κ2) is 6.24. The molecule has 0 aromatic heterocycles. The molecule has 0 aliphatic heterocycles. The van der Waals surface area contributed by atoms with Gasteiger partial charge < -0.3 is 4.90 Å². The van der Waals surface area contributed by atoms with E-state index in [9.17, 15) is 22.4 Å². The van der Waals surface area contributed by atoms with Gasteiger partial charge in [0.2, 0.25) is 0 Å². The summed E-state index contributed by atoms with van der Waals surface area (Å²) in [5.74, 6) is -1.68. The fourth-order valence-corrected chi connectivity index (χ4v) is 2.06. The second-order valence-electron chi connectivity index (χ2n) is 4.58. The lowest BCUT2D eigenvalue weighted by Crippen LogP contribution is -2.36. The van der Waals surface area contributed by atoms with Crippen molar-refractivity contribution in [3.05, 3.63) is 35.1 Å². The summed E-state index contributed by atoms with van der Waals surface area (Å²) >= 11 is 0. The summed E-state index contributed by atoms with van der Waals surface area (Å²) in [5, 5.41) is 0. The molecule has 0 saturated carbocycles. The average Bonchev–Trinajstić information content (AvgIpc) is 2.38. The molecule has 0 radical (unpaired) electrons. The maximum Gasteiger partial charge on any atom is 0.416 e. The smallest absolute Gasteiger partial charge is 0.339 e. The zero-order chi connectivity index (χ0) is 15.5. The Bertz CT molecular complexity index is 481. The van der Waals surface area contributed by atoms with Crippen molar-refractivity contribution in [1.29, 1.82) is 0 Å². The van der Waals surface area contributed by atoms with Crippen LogP contribution in [0.3, 0.4) is 0 Å². The van der Waals surface area contributed by atoms with Gasteiger partial charge in [0.25, 0.3) is 5.91 Å². The molecule has 1 aromatic carbocycles. The van der Waals surface area contributed by atoms with Gasteiger partial charge in [-0.15, -0.1) is 0 Å². The fraction of sp³-hybridized carbons (Fsp3) is 0.500. The van der Waals surface area contributed by atoms with Gasteiger partial charge in [-0.3, -0.25) is 4.79 Å². The molecule has 2 nitrogen and oxygen atoms in total. The van der Waals surface area contributed by atoms with E-state index in [0.717, 1.165) is 0 Å². The van der Waals surface area contributed by atoms with Crippen molar-refractivity contribution in [3.8, 4) is 0 Å². The zero-order valence-corrected chi connectivity index (χ0v) is 11.6. The first-order valence-corrected chi connectivity index (χ1v) is 6.36. The van der Waals surface area contributed by atoms with Crippen LogP contribution in [0.5, 0.6) is 0 Å². The molecule has 1 aromatic rings. The second-order valence-corrected chi connectivity index (χ2v) is 4.58. The van der Waals surface area contributed by atoms with Crippen LogP contribution in [-0.4, -0.2) is 23.9 Å². The summed E-state index contributed by atoms with van der Waals surface area (Å²) in [6.07, 6.45) is -3.30. The van der Waals surface area contributed by atoms with Gasteiger partial charge in [-0.25, -0.2) is 4.39 Å². The first-order valence-electron chi connectivity index (χ1n) is 6.36. The summed E-state index contributed by atoms with van der Waals surface area (Å²) < 4.78 is 51.4. The Morgan fingerprint density at radius 1 is 1.25 bits per heavy atom. The Hall–Kier alpha value is -1.59. The topological polar surface area (TPSA) is 20.3 Å². The maximum atomic E-state index is 13.6. The molecule has 1 rings (SSSR count). The number of nitrogens with zero attached hydrogens (tertiary/aromatic N) is 1. The summed E-state index contributed by atoms with van der Waals surface area (Å²) in [7, 11) is 1.47. The number of halogens is 4. The molecule has 0 N–H and O–H groups in total. The van der Waals surface area contributed by atoms with Gasteiger partial charge in [0, 0.05) is 13.1 Å². The van der Waals surface area contributed by atoms with Crippen LogP contribution in [0, 0.1) is 5.82 Å². The lowest BCUT2D eigenvalue weighted by atomic mass is 10.1. The van der Waals surface area contributed by atoms with Crippen molar-refractivity contribution >= 4 is 5.91 Å². The molecule has 6 heteroatoms. The van der Waals surface area contributed by atoms with E-state index >= 15 is 0 Å². The van der Waals surface area contributed by atoms with Crippen molar-refractivity contribution in [2.45, 2.75) is 38.9 Å². The van der Waals surface area contributed by atoms with Gasteiger partial charge in [0.1, 0.15) is 5.82 Å². The predicted octanol–water partition coefficient (Wildman–Crippen LogP) is 4.11. The van der Waals surface area contributed by atoms with Crippen LogP contribution in [0.2, 0.25) is 0 Å². The summed E-state index contributed by atoms with van der Waals surface area (Å²) in [4.78, 5) is 13.4. The molecule has 0 heterocycles. The molecule has 0 aliphatic carbocycles. The Kier molecular flexibility index (Phi) is 5.14. The summed E-state index contributed by atoms with van der Waals surface area (Å²) in [6, 6.07) is 1.74. The van der Waals surface area contributed by atoms with Gasteiger partial charge in [-0.2, -0.15) is 13.2 Å². The normalized spacial score (nSPS) is 11.8. The number of benzene rings is 1. The van der Waals surface area contributed by atoms with Gasteiger partial charge in [-0.05, 0) is 31.0 Å². The van der Waals surface area contributed by atoms with Gasteiger partial charge in [-0.1, -0.05) is 13.8 Å². The van der Waals surface area contributed by atoms with E-state index in [-0.39, 0.29) is 6.04 Å². The molecular formula is C14H17F4NO. The highest BCUT2D eigenvalue weighted by atomic mass is 19.4. The molecule has 112 valence electrons. The number of carbonyl (C=O) groups is 1. The Balaban J connectivity index is 3.15. The number of amides is 1. The minimum atomic E-state index is -4.60. The molecular weight excluding hydrogens is 274 g/mol. The largest absolute Gasteiger partial charge is 0.416 e. The highest BCUT2D eigenvalue weighted by Gasteiger charge is 2.32. The van der Waals surface area contributed by atoms with Crippen molar-refractivity contribution in [2.24, 2.45) is 0 Å². The minimum absolute atomic E-state index is 0.128. The van der Waals surface area contributed by atoms with Crippen LogP contribution in [0.1, 0.15) is 42.6 Å². The minimum Gasteiger partial charge on any atom is -0.339 e. The molecule has 0 saturated heterocycles. The highest BCUT2D eigenvalue weighted by molar-refractivity contribution is 5.94. The van der Waals surface area contributed by atoms with Crippen LogP contribution < -0.4 is 0 Å². The van der Waals surface area contributed by atoms with Crippen molar-refractivity contribution in [2.75, 3.05) is 7.05 Å². The lowest BCUT2D eigenvalue weighted by molar-refractivity contribution is -0.137. The molecule has 0 atom stereocenters. The Morgan fingerprint density at radius 2 is 1.80 bits per heavy atom. The third kappa shape index (κ3) is 3.49. The molecule has 0 aliphatic rings. The monoisotopic (exact) mass is 291 g/mol. The van der Waals surface area contributed by atoms with Gasteiger partial charge in [0.05, 0.1) is 11.1 Å². The molecule has 0 spiro atoms. The SMILES string of the molecule is CCC(CC)N(C)C(=O)c1cc(C(F)(F)F)ccc1F. The molecule has 0 unspecified atom stereocenters. The van der Waals surface area contributed by atoms with E-state index in [2.05, 4.69) is 0 Å². The van der Waals surface area contributed by atoms with E-state index in [1.54, 1.807) is 0 Å². The Labute approximate surface area is 115 Å². The van der Waals surface area contributed by atoms with Crippen molar-refractivity contribution in [1.82, 2.24) is 4.90 Å². The van der Waals surface area contributed by atoms with E-state index in [4.69, 9.17) is 0 Å². The first-order chi connectivity index (χ1) is 9.22. The predicted molar refractivity (Wildman–Crippen MR) is 67.9 cm³/mol. The van der Waals surface area contributed by atoms with Crippen LogP contribution in [0.15, 0.2) is 18.2 Å². The van der Waals surface area contributed by atoms with Gasteiger partial charge >= 0.3 is 6.18 Å². The summed E-state index contributed by atoms with van der Waals surface area (Å²) in [6.45, 7) is 3.72. The number of alkyl halides is 3. The Morgan fingerprint density at radius 3 is 2.25 bits per heavy atom. The fourth-order valence-electron chi connectivity index (χ4n) is 2.06. The number of hydrogen-bond donors (Lipinski definition) is 0. The van der Waals surface area contributed by atoms with E-state index in [1.807, 2.05) is 13.8 Å². The van der Waals surface area contributed by atoms with E-state index in [1.165, 1.54) is 11.9 Å². The molecule has 0 fully saturated rings. The summed E-state index contributed by atoms with van der Waals surface area (Å²) in [5.41, 5.74) is -1.57. The van der Waals surface area contributed by atoms with Crippen LogP contribution >= 0.6 is 0 Å². The maximum absolute atomic E-state index is 13.6. The quantitative estimate of drug-likeness (QED) is 0.765. The number of carbonyl (C=O) groups excluding carboxylic acids is 1. The van der Waals surface area contributed by atoms with Crippen LogP contribution in [-0.2, 0) is 6.18 Å². The van der Waals surface area contributed by atoms with E-state index in [0.29, 0.717) is 31.0 Å². The lowest BCUT2D eigenvalue weighted by Gasteiger charge is -2.26. The third-order valence-electron chi connectivity index (χ3n) is 3.33. The third-order valence-corrected chi connectivity index (χ3v) is 3.33. The van der Waals surface area contributed by atoms with Crippen LogP contribution in [0.25, 0.3) is 0 Å². The van der Waals surface area contributed by atoms with Gasteiger partial charge in [0.15, 0.2) is 0 Å². The zero-order valence-electron chi connectivity index (χ0n) is 11.6. The number of rotatable bonds is 4. The van der Waals surface area contributed by atoms with Crippen molar-refractivity contribution in [3.63, 3.8) is 0 Å². The number of hydrogen-bond acceptors (Lipinski definition) is 1. The van der Waals surface area contributed by atoms with Crippen LogP contribution in [0.4, 0.5) is 17.6 Å². The molecule has 20 heavy (non-hydrogen) atoms. The first kappa shape index (κ1) is 16.5. The van der Waals surface area contributed by atoms with Crippen molar-refractivity contribution < 1.29 is 22.4 Å². The molecule has 0 bridgehead atoms. The molecule has 1 amide bonds. The van der Waals surface area contributed by atoms with E-state index < -0.39 is 29.0 Å². The average molecular weight is 291 g/mol.